The minimum Gasteiger partial charge on any atom is -0.356 e. The Balaban J connectivity index is 1.41. The lowest BCUT2D eigenvalue weighted by molar-refractivity contribution is -0.158. The Bertz CT molecular complexity index is 1400. The van der Waals surface area contributed by atoms with Gasteiger partial charge in [-0.25, -0.2) is 0 Å². The van der Waals surface area contributed by atoms with Gasteiger partial charge in [-0.2, -0.15) is 0 Å². The largest absolute Gasteiger partial charge is 0.356 e. The number of benzene rings is 3. The van der Waals surface area contributed by atoms with Crippen LogP contribution in [0.3, 0.4) is 0 Å². The van der Waals surface area contributed by atoms with Crippen molar-refractivity contribution in [1.82, 2.24) is 14.8 Å². The predicted octanol–water partition coefficient (Wildman–Crippen LogP) is 4.86. The van der Waals surface area contributed by atoms with Crippen LogP contribution >= 0.6 is 15.9 Å². The van der Waals surface area contributed by atoms with E-state index in [1.807, 2.05) is 59.5 Å². The van der Waals surface area contributed by atoms with Gasteiger partial charge in [0.2, 0.25) is 11.8 Å². The number of aromatic nitrogens is 1. The first-order valence-corrected chi connectivity index (χ1v) is 12.4. The summed E-state index contributed by atoms with van der Waals surface area (Å²) in [6, 6.07) is 25.5. The van der Waals surface area contributed by atoms with Crippen molar-refractivity contribution in [1.29, 1.82) is 0 Å². The molecule has 2 aliphatic rings. The van der Waals surface area contributed by atoms with Crippen molar-refractivity contribution < 1.29 is 9.59 Å². The van der Waals surface area contributed by atoms with E-state index >= 15 is 0 Å². The number of rotatable bonds is 4. The molecule has 3 heterocycles. The van der Waals surface area contributed by atoms with Crippen LogP contribution in [0.5, 0.6) is 0 Å². The van der Waals surface area contributed by atoms with Gasteiger partial charge >= 0.3 is 0 Å². The van der Waals surface area contributed by atoms with Crippen LogP contribution in [-0.4, -0.2) is 45.7 Å². The van der Waals surface area contributed by atoms with E-state index in [-0.39, 0.29) is 24.4 Å². The van der Waals surface area contributed by atoms with Crippen LogP contribution in [-0.2, 0) is 22.4 Å². The number of para-hydroxylation sites is 1. The first-order chi connectivity index (χ1) is 16.6. The zero-order valence-electron chi connectivity index (χ0n) is 18.6. The number of hydrogen-bond donors (Lipinski definition) is 1. The fraction of sp³-hybridized carbons (Fsp3) is 0.214. The number of piperazine rings is 1. The van der Waals surface area contributed by atoms with Crippen LogP contribution in [0.4, 0.5) is 0 Å². The number of carbonyl (C=O) groups excluding carboxylic acids is 2. The lowest BCUT2D eigenvalue weighted by Crippen LogP contribution is -2.63. The van der Waals surface area contributed by atoms with Gasteiger partial charge in [0.05, 0.1) is 12.6 Å². The lowest BCUT2D eigenvalue weighted by Gasteiger charge is -2.47. The summed E-state index contributed by atoms with van der Waals surface area (Å²) in [5, 5.41) is 1.12. The molecule has 0 bridgehead atoms. The van der Waals surface area contributed by atoms with Crippen LogP contribution < -0.4 is 0 Å². The Morgan fingerprint density at radius 3 is 2.56 bits per heavy atom. The number of nitrogens with one attached hydrogen (secondary N) is 1. The van der Waals surface area contributed by atoms with E-state index in [9.17, 15) is 9.59 Å². The molecule has 3 aromatic carbocycles. The van der Waals surface area contributed by atoms with Crippen molar-refractivity contribution in [3.8, 4) is 0 Å². The summed E-state index contributed by atoms with van der Waals surface area (Å²) in [6.45, 7) is 0.656. The summed E-state index contributed by atoms with van der Waals surface area (Å²) in [4.78, 5) is 34.5. The second-order valence-electron chi connectivity index (χ2n) is 9.04. The van der Waals surface area contributed by atoms with Gasteiger partial charge in [-0.15, -0.1) is 0 Å². The van der Waals surface area contributed by atoms with Gasteiger partial charge in [-0.3, -0.25) is 9.59 Å². The molecule has 1 N–H and O–H groups in total. The highest BCUT2D eigenvalue weighted by molar-refractivity contribution is 9.10. The molecule has 0 aliphatic carbocycles. The van der Waals surface area contributed by atoms with Gasteiger partial charge < -0.3 is 14.8 Å². The molecule has 0 spiro atoms. The molecule has 34 heavy (non-hydrogen) atoms. The molecular weight excluding hydrogens is 490 g/mol. The fourth-order valence-corrected chi connectivity index (χ4v) is 5.86. The minimum atomic E-state index is -0.507. The monoisotopic (exact) mass is 513 g/mol. The van der Waals surface area contributed by atoms with Crippen molar-refractivity contribution in [2.45, 2.75) is 24.9 Å². The van der Waals surface area contributed by atoms with Crippen LogP contribution in [0, 0.1) is 0 Å². The molecule has 170 valence electrons. The van der Waals surface area contributed by atoms with Crippen molar-refractivity contribution in [2.75, 3.05) is 13.1 Å². The molecule has 6 rings (SSSR count). The summed E-state index contributed by atoms with van der Waals surface area (Å²) < 4.78 is 0.949. The highest BCUT2D eigenvalue weighted by Gasteiger charge is 2.48. The lowest BCUT2D eigenvalue weighted by atomic mass is 9.86. The summed E-state index contributed by atoms with van der Waals surface area (Å²) in [5.74, 6) is 0.0263. The van der Waals surface area contributed by atoms with E-state index in [4.69, 9.17) is 0 Å². The SMILES string of the molecule is O=C1[C@@H]2Cc3c([nH]c4ccccc34)C(c3cccc(Br)c3)N2C(=O)CN1CCc1ccccc1. The first kappa shape index (κ1) is 21.2. The molecule has 0 radical (unpaired) electrons. The molecule has 2 atom stereocenters. The van der Waals surface area contributed by atoms with E-state index in [1.54, 1.807) is 4.90 Å². The Morgan fingerprint density at radius 2 is 1.74 bits per heavy atom. The maximum absolute atomic E-state index is 13.8. The third-order valence-corrected chi connectivity index (χ3v) is 7.51. The zero-order chi connectivity index (χ0) is 23.2. The molecule has 4 aromatic rings. The van der Waals surface area contributed by atoms with Crippen LogP contribution in [0.2, 0.25) is 0 Å². The number of nitrogens with zero attached hydrogens (tertiary/aromatic N) is 2. The van der Waals surface area contributed by atoms with E-state index in [0.717, 1.165) is 38.6 Å². The summed E-state index contributed by atoms with van der Waals surface area (Å²) in [5.41, 5.74) is 5.33. The number of aromatic amines is 1. The standard InChI is InChI=1S/C28H24BrN3O2/c29-20-10-6-9-19(15-20)27-26-22(21-11-4-5-12-23(21)30-26)16-24-28(34)31(17-25(33)32(24)27)14-13-18-7-2-1-3-8-18/h1-12,15,24,27,30H,13-14,16-17H2/t24-,27?/m0/s1. The van der Waals surface area contributed by atoms with Crippen molar-refractivity contribution in [3.05, 3.63) is 106 Å². The number of halogens is 1. The second-order valence-corrected chi connectivity index (χ2v) is 9.95. The van der Waals surface area contributed by atoms with E-state index in [1.165, 1.54) is 5.56 Å². The quantitative estimate of drug-likeness (QED) is 0.423. The van der Waals surface area contributed by atoms with Crippen molar-refractivity contribution in [3.63, 3.8) is 0 Å². The molecule has 0 saturated carbocycles. The average molecular weight is 514 g/mol. The summed E-state index contributed by atoms with van der Waals surface area (Å²) in [7, 11) is 0. The number of H-pyrrole nitrogens is 1. The third-order valence-electron chi connectivity index (χ3n) is 7.02. The van der Waals surface area contributed by atoms with E-state index < -0.39 is 6.04 Å². The van der Waals surface area contributed by atoms with Crippen molar-refractivity contribution >= 4 is 38.6 Å². The molecule has 2 aliphatic heterocycles. The number of hydrogen-bond acceptors (Lipinski definition) is 2. The molecule has 6 heteroatoms. The molecule has 5 nitrogen and oxygen atoms in total. The molecule has 1 aromatic heterocycles. The Labute approximate surface area is 206 Å². The highest BCUT2D eigenvalue weighted by Crippen LogP contribution is 2.42. The van der Waals surface area contributed by atoms with Crippen LogP contribution in [0.25, 0.3) is 10.9 Å². The first-order valence-electron chi connectivity index (χ1n) is 11.6. The van der Waals surface area contributed by atoms with E-state index in [2.05, 4.69) is 45.2 Å². The van der Waals surface area contributed by atoms with Gasteiger partial charge in [0.15, 0.2) is 0 Å². The number of fused-ring (bicyclic) bond motifs is 4. The normalized spacial score (nSPS) is 19.9. The molecular formula is C28H24BrN3O2. The van der Waals surface area contributed by atoms with Gasteiger partial charge in [-0.05, 0) is 41.3 Å². The van der Waals surface area contributed by atoms with Gasteiger partial charge in [-0.1, -0.05) is 76.6 Å². The van der Waals surface area contributed by atoms with E-state index in [0.29, 0.717) is 13.0 Å². The molecule has 1 unspecified atom stereocenters. The van der Waals surface area contributed by atoms with Gasteiger partial charge in [0, 0.05) is 34.0 Å². The molecule has 1 fully saturated rings. The summed E-state index contributed by atoms with van der Waals surface area (Å²) in [6.07, 6.45) is 1.26. The van der Waals surface area contributed by atoms with Gasteiger partial charge in [0.25, 0.3) is 0 Å². The maximum Gasteiger partial charge on any atom is 0.246 e. The average Bonchev–Trinajstić information content (AvgIpc) is 3.23. The topological polar surface area (TPSA) is 56.4 Å². The second kappa shape index (κ2) is 8.44. The molecule has 2 amide bonds. The Morgan fingerprint density at radius 1 is 0.941 bits per heavy atom. The maximum atomic E-state index is 13.8. The number of amides is 2. The van der Waals surface area contributed by atoms with Crippen LogP contribution in [0.15, 0.2) is 83.3 Å². The van der Waals surface area contributed by atoms with Gasteiger partial charge in [0.1, 0.15) is 6.04 Å². The number of carbonyl (C=O) groups is 2. The fourth-order valence-electron chi connectivity index (χ4n) is 5.44. The Hall–Kier alpha value is -3.38. The smallest absolute Gasteiger partial charge is 0.246 e. The molecule has 1 saturated heterocycles. The zero-order valence-corrected chi connectivity index (χ0v) is 20.2. The Kier molecular flexibility index (Phi) is 5.26. The van der Waals surface area contributed by atoms with Crippen molar-refractivity contribution in [2.24, 2.45) is 0 Å². The third kappa shape index (κ3) is 3.53. The summed E-state index contributed by atoms with van der Waals surface area (Å²) >= 11 is 3.58. The van der Waals surface area contributed by atoms with Crippen LogP contribution in [0.1, 0.15) is 28.4 Å². The minimum absolute atomic E-state index is 0.00746. The predicted molar refractivity (Wildman–Crippen MR) is 135 cm³/mol. The highest BCUT2D eigenvalue weighted by atomic mass is 79.9.